The number of carboxylic acid groups (broad SMARTS) is 2. The lowest BCUT2D eigenvalue weighted by atomic mass is 10.00. The van der Waals surface area contributed by atoms with Crippen LogP contribution in [0.25, 0.3) is 10.9 Å². The molecule has 1 saturated carbocycles. The molecular weight excluding hydrogens is 440 g/mol. The quantitative estimate of drug-likeness (QED) is 0.562. The number of amides is 1. The van der Waals surface area contributed by atoms with Crippen LogP contribution >= 0.6 is 0 Å². The van der Waals surface area contributed by atoms with E-state index in [1.54, 1.807) is 0 Å². The molecule has 2 aromatic rings. The van der Waals surface area contributed by atoms with Gasteiger partial charge >= 0.3 is 11.9 Å². The number of ether oxygens (including phenoxy) is 1. The number of hydrogen-bond donors (Lipinski definition) is 3. The number of carbonyl (C=O) groups is 3. The van der Waals surface area contributed by atoms with E-state index in [0.29, 0.717) is 23.6 Å². The maximum Gasteiger partial charge on any atom is 0.414 e. The maximum absolute atomic E-state index is 13.0. The number of nitrogens with one attached hydrogen (secondary N) is 1. The molecule has 2 aliphatic heterocycles. The minimum absolute atomic E-state index is 0.0222. The first-order valence-corrected chi connectivity index (χ1v) is 11.8. The van der Waals surface area contributed by atoms with Gasteiger partial charge in [-0.1, -0.05) is 18.2 Å². The van der Waals surface area contributed by atoms with Crippen LogP contribution in [-0.4, -0.2) is 81.6 Å². The Labute approximate surface area is 197 Å². The molecule has 3 aliphatic rings. The fourth-order valence-corrected chi connectivity index (χ4v) is 5.14. The normalized spacial score (nSPS) is 24.4. The molecule has 3 fully saturated rings. The zero-order valence-corrected chi connectivity index (χ0v) is 19.5. The van der Waals surface area contributed by atoms with Crippen molar-refractivity contribution in [2.24, 2.45) is 17.8 Å². The van der Waals surface area contributed by atoms with Crippen molar-refractivity contribution in [2.75, 3.05) is 32.8 Å². The minimum Gasteiger partial charge on any atom is -0.473 e. The zero-order chi connectivity index (χ0) is 24.4. The van der Waals surface area contributed by atoms with E-state index < -0.39 is 11.9 Å². The van der Waals surface area contributed by atoms with Crippen molar-refractivity contribution in [3.63, 3.8) is 0 Å². The number of aromatic nitrogens is 2. The summed E-state index contributed by atoms with van der Waals surface area (Å²) in [6.07, 6.45) is 2.38. The van der Waals surface area contributed by atoms with Crippen LogP contribution in [0.5, 0.6) is 0 Å². The van der Waals surface area contributed by atoms with Crippen molar-refractivity contribution in [3.8, 4) is 0 Å². The lowest BCUT2D eigenvalue weighted by Crippen LogP contribution is -2.37. The summed E-state index contributed by atoms with van der Waals surface area (Å²) in [5.41, 5.74) is 1.59. The summed E-state index contributed by atoms with van der Waals surface area (Å²) in [5, 5.41) is 23.6. The minimum atomic E-state index is -1.82. The molecule has 2 unspecified atom stereocenters. The molecule has 0 bridgehead atoms. The number of likely N-dealkylation sites (tertiary alicyclic amines) is 1. The smallest absolute Gasteiger partial charge is 0.414 e. The molecule has 2 atom stereocenters. The van der Waals surface area contributed by atoms with Crippen molar-refractivity contribution in [2.45, 2.75) is 38.8 Å². The summed E-state index contributed by atoms with van der Waals surface area (Å²) < 4.78 is 7.42. The predicted molar refractivity (Wildman–Crippen MR) is 124 cm³/mol. The third kappa shape index (κ3) is 5.23. The van der Waals surface area contributed by atoms with Gasteiger partial charge in [0.25, 0.3) is 5.91 Å². The van der Waals surface area contributed by atoms with Gasteiger partial charge in [-0.3, -0.25) is 9.48 Å². The fourth-order valence-electron chi connectivity index (χ4n) is 5.14. The Balaban J connectivity index is 0.000000408. The molecule has 1 amide bonds. The van der Waals surface area contributed by atoms with Crippen molar-refractivity contribution < 1.29 is 29.3 Å². The molecule has 2 saturated heterocycles. The summed E-state index contributed by atoms with van der Waals surface area (Å²) in [7, 11) is 0. The Morgan fingerprint density at radius 3 is 2.29 bits per heavy atom. The number of hydrogen-bond acceptors (Lipinski definition) is 6. The largest absolute Gasteiger partial charge is 0.473 e. The average molecular weight is 473 g/mol. The van der Waals surface area contributed by atoms with Gasteiger partial charge in [0.15, 0.2) is 5.69 Å². The van der Waals surface area contributed by atoms with Crippen LogP contribution in [0.1, 0.15) is 43.2 Å². The first kappa shape index (κ1) is 24.2. The summed E-state index contributed by atoms with van der Waals surface area (Å²) in [5.74, 6) is -1.66. The predicted octanol–water partition coefficient (Wildman–Crippen LogP) is 1.86. The highest BCUT2D eigenvalue weighted by Crippen LogP contribution is 2.46. The molecule has 34 heavy (non-hydrogen) atoms. The molecule has 10 nitrogen and oxygen atoms in total. The highest BCUT2D eigenvalue weighted by molar-refractivity contribution is 6.27. The number of aliphatic carboxylic acids is 2. The van der Waals surface area contributed by atoms with Crippen LogP contribution in [0, 0.1) is 17.8 Å². The van der Waals surface area contributed by atoms with E-state index >= 15 is 0 Å². The van der Waals surface area contributed by atoms with Crippen LogP contribution < -0.4 is 5.32 Å². The summed E-state index contributed by atoms with van der Waals surface area (Å²) in [4.78, 5) is 33.8. The zero-order valence-electron chi connectivity index (χ0n) is 19.5. The molecule has 10 heteroatoms. The Morgan fingerprint density at radius 1 is 1.09 bits per heavy atom. The number of para-hydroxylation sites is 1. The van der Waals surface area contributed by atoms with Crippen molar-refractivity contribution in [1.29, 1.82) is 0 Å². The second kappa shape index (κ2) is 10.1. The number of rotatable bonds is 5. The molecule has 1 aromatic heterocycles. The molecule has 0 spiro atoms. The Kier molecular flexibility index (Phi) is 7.18. The number of benzene rings is 1. The molecule has 1 aromatic carbocycles. The van der Waals surface area contributed by atoms with Crippen molar-refractivity contribution in [1.82, 2.24) is 20.0 Å². The van der Waals surface area contributed by atoms with E-state index in [4.69, 9.17) is 24.5 Å². The Hall–Kier alpha value is -2.98. The van der Waals surface area contributed by atoms with Gasteiger partial charge in [0.05, 0.1) is 5.52 Å². The average Bonchev–Trinajstić information content (AvgIpc) is 3.16. The highest BCUT2D eigenvalue weighted by atomic mass is 16.5. The topological polar surface area (TPSA) is 134 Å². The number of piperidine rings is 1. The third-order valence-corrected chi connectivity index (χ3v) is 6.93. The highest BCUT2D eigenvalue weighted by Gasteiger charge is 2.56. The molecular formula is C24H32N4O6. The van der Waals surface area contributed by atoms with Crippen LogP contribution in [0.15, 0.2) is 24.3 Å². The Bertz CT molecular complexity index is 1040. The van der Waals surface area contributed by atoms with Gasteiger partial charge in [0.1, 0.15) is 0 Å². The van der Waals surface area contributed by atoms with E-state index in [1.807, 2.05) is 28.9 Å². The Morgan fingerprint density at radius 2 is 1.71 bits per heavy atom. The maximum atomic E-state index is 13.0. The van der Waals surface area contributed by atoms with Gasteiger partial charge in [-0.05, 0) is 50.5 Å². The fraction of sp³-hybridized carbons (Fsp3) is 0.583. The van der Waals surface area contributed by atoms with Crippen LogP contribution in [0.4, 0.5) is 0 Å². The second-order valence-corrected chi connectivity index (χ2v) is 9.62. The molecule has 1 aliphatic carbocycles. The van der Waals surface area contributed by atoms with Gasteiger partial charge in [-0.25, -0.2) is 9.59 Å². The second-order valence-electron chi connectivity index (χ2n) is 9.62. The van der Waals surface area contributed by atoms with E-state index in [2.05, 4.69) is 29.2 Å². The molecule has 0 radical (unpaired) electrons. The van der Waals surface area contributed by atoms with Gasteiger partial charge in [0, 0.05) is 50.3 Å². The van der Waals surface area contributed by atoms with Crippen LogP contribution in [0.2, 0.25) is 0 Å². The lowest BCUT2D eigenvalue weighted by molar-refractivity contribution is -0.159. The van der Waals surface area contributed by atoms with Crippen LogP contribution in [-0.2, 0) is 14.3 Å². The number of carbonyl (C=O) groups excluding carboxylic acids is 1. The number of nitrogens with zero attached hydrogens (tertiary/aromatic N) is 3. The third-order valence-electron chi connectivity index (χ3n) is 6.93. The number of carboxylic acids is 2. The van der Waals surface area contributed by atoms with Crippen LogP contribution in [0.3, 0.4) is 0 Å². The van der Waals surface area contributed by atoms with E-state index in [1.165, 1.54) is 19.4 Å². The lowest BCUT2D eigenvalue weighted by Gasteiger charge is -2.28. The first-order chi connectivity index (χ1) is 16.3. The monoisotopic (exact) mass is 472 g/mol. The van der Waals surface area contributed by atoms with E-state index in [-0.39, 0.29) is 11.9 Å². The molecule has 3 heterocycles. The summed E-state index contributed by atoms with van der Waals surface area (Å²) >= 11 is 0. The summed E-state index contributed by atoms with van der Waals surface area (Å²) in [6, 6.07) is 8.57. The van der Waals surface area contributed by atoms with Gasteiger partial charge in [-0.2, -0.15) is 5.10 Å². The van der Waals surface area contributed by atoms with Gasteiger partial charge < -0.3 is 25.2 Å². The van der Waals surface area contributed by atoms with E-state index in [0.717, 1.165) is 43.1 Å². The molecule has 184 valence electrons. The molecule has 5 rings (SSSR count). The number of fused-ring (bicyclic) bond motifs is 2. The van der Waals surface area contributed by atoms with E-state index in [9.17, 15) is 4.79 Å². The van der Waals surface area contributed by atoms with Gasteiger partial charge in [-0.15, -0.1) is 0 Å². The van der Waals surface area contributed by atoms with Gasteiger partial charge in [0.2, 0.25) is 0 Å². The molecule has 3 N–H and O–H groups in total. The first-order valence-electron chi connectivity index (χ1n) is 11.8. The SMILES string of the molecule is CC(C)n1nc(C(=O)NC2C3CN(CC4CCOCC4)CC32)c2ccccc21.O=C(O)C(=O)O. The van der Waals surface area contributed by atoms with Crippen molar-refractivity contribution in [3.05, 3.63) is 30.0 Å². The van der Waals surface area contributed by atoms with Crippen molar-refractivity contribution >= 4 is 28.7 Å². The summed E-state index contributed by atoms with van der Waals surface area (Å²) in [6.45, 7) is 9.46. The standard InChI is InChI=1S/C22H30N4O2.C2H2O4/c1-14(2)26-19-6-4-3-5-16(19)21(24-26)22(27)23-20-17-12-25(13-18(17)20)11-15-7-9-28-10-8-15;3-1(4)2(5)6/h3-6,14-15,17-18,20H,7-13H2,1-2H3,(H,23,27);(H,3,4)(H,5,6).